The van der Waals surface area contributed by atoms with Gasteiger partial charge in [-0.15, -0.1) is 0 Å². The van der Waals surface area contributed by atoms with Crippen LogP contribution in [0, 0.1) is 29.1 Å². The standard InChI is InChI=1S/C39H59NO5/c1-7-9-12-31-24-40-37(44-31)39(20-21-39)35(45-36(43)25(3)8-2)18-13-26(4)32-16-17-33-28(11-10-19-38(32,33)6)14-15-29-22-30(41)23-34(42)27(29)5/h14-15,24-26,30,32-35,41-42H,5,7-13,16-23H2,1-4,6H3/b28-14+,29-15-/t25?,26-,30-,32-,33+,34+,35-,38-/m1/s1. The van der Waals surface area contributed by atoms with Crippen molar-refractivity contribution in [3.05, 3.63) is 53.3 Å². The van der Waals surface area contributed by atoms with E-state index in [4.69, 9.17) is 14.1 Å². The Morgan fingerprint density at radius 2 is 1.96 bits per heavy atom. The Hall–Kier alpha value is -2.18. The number of allylic oxidation sites excluding steroid dienone is 3. The summed E-state index contributed by atoms with van der Waals surface area (Å²) in [5.74, 6) is 3.21. The molecular formula is C39H59NO5. The van der Waals surface area contributed by atoms with Crippen molar-refractivity contribution in [1.29, 1.82) is 0 Å². The SMILES string of the molecule is C=C1/C(=C\C=C2/CCC[C@]3(C)[C@@H]([C@H](C)CC[C@@H](OC(=O)C(C)CC)C4(c5ncc(CCCC)o5)CC4)CC[C@@H]23)C[C@@H](O)C[C@@H]1O. The van der Waals surface area contributed by atoms with Crippen LogP contribution in [0.2, 0.25) is 0 Å². The number of carbonyl (C=O) groups is 1. The van der Waals surface area contributed by atoms with Gasteiger partial charge in [-0.2, -0.15) is 0 Å². The van der Waals surface area contributed by atoms with E-state index in [0.717, 1.165) is 80.6 Å². The van der Waals surface area contributed by atoms with Gasteiger partial charge in [0.05, 0.1) is 29.7 Å². The maximum atomic E-state index is 13.1. The predicted octanol–water partition coefficient (Wildman–Crippen LogP) is 8.56. The third-order valence-electron chi connectivity index (χ3n) is 12.3. The monoisotopic (exact) mass is 621 g/mol. The highest BCUT2D eigenvalue weighted by molar-refractivity contribution is 5.72. The molecule has 8 atom stereocenters. The number of esters is 1. The van der Waals surface area contributed by atoms with Crippen LogP contribution < -0.4 is 0 Å². The first-order valence-corrected chi connectivity index (χ1v) is 18.1. The van der Waals surface area contributed by atoms with Crippen molar-refractivity contribution in [3.8, 4) is 0 Å². The maximum Gasteiger partial charge on any atom is 0.308 e. The van der Waals surface area contributed by atoms with E-state index in [1.54, 1.807) is 0 Å². The van der Waals surface area contributed by atoms with Gasteiger partial charge >= 0.3 is 5.97 Å². The third-order valence-corrected chi connectivity index (χ3v) is 12.3. The number of aryl methyl sites for hydroxylation is 1. The summed E-state index contributed by atoms with van der Waals surface area (Å²) in [5, 5.41) is 20.5. The number of rotatable bonds is 13. The molecule has 0 amide bonds. The second kappa shape index (κ2) is 14.3. The first kappa shape index (κ1) is 34.2. The van der Waals surface area contributed by atoms with Crippen molar-refractivity contribution in [1.82, 2.24) is 4.98 Å². The summed E-state index contributed by atoms with van der Waals surface area (Å²) >= 11 is 0. The number of carbonyl (C=O) groups excluding carboxylic acids is 1. The number of hydrogen-bond acceptors (Lipinski definition) is 6. The molecule has 250 valence electrons. The Bertz CT molecular complexity index is 1260. The van der Waals surface area contributed by atoms with E-state index >= 15 is 0 Å². The molecule has 6 heteroatoms. The molecule has 0 spiro atoms. The van der Waals surface area contributed by atoms with Gasteiger partial charge in [-0.25, -0.2) is 4.98 Å². The van der Waals surface area contributed by atoms with Crippen LogP contribution in [0.25, 0.3) is 0 Å². The van der Waals surface area contributed by atoms with Crippen molar-refractivity contribution in [3.63, 3.8) is 0 Å². The van der Waals surface area contributed by atoms with Gasteiger partial charge in [-0.1, -0.05) is 65.3 Å². The van der Waals surface area contributed by atoms with Crippen LogP contribution in [0.4, 0.5) is 0 Å². The topological polar surface area (TPSA) is 92.8 Å². The molecule has 1 heterocycles. The normalized spacial score (nSPS) is 33.2. The average molecular weight is 622 g/mol. The summed E-state index contributed by atoms with van der Waals surface area (Å²) in [6.07, 6.45) is 19.6. The number of fused-ring (bicyclic) bond motifs is 1. The van der Waals surface area contributed by atoms with E-state index in [0.29, 0.717) is 30.6 Å². The number of hydrogen-bond donors (Lipinski definition) is 2. The third kappa shape index (κ3) is 7.22. The highest BCUT2D eigenvalue weighted by Gasteiger charge is 2.57. The zero-order valence-corrected chi connectivity index (χ0v) is 28.7. The number of aliphatic hydroxyl groups excluding tert-OH is 2. The molecule has 45 heavy (non-hydrogen) atoms. The number of aromatic nitrogens is 1. The van der Waals surface area contributed by atoms with Crippen LogP contribution in [0.1, 0.15) is 136 Å². The summed E-state index contributed by atoms with van der Waals surface area (Å²) in [6.45, 7) is 15.3. The molecule has 1 aromatic heterocycles. The molecule has 4 aliphatic carbocycles. The van der Waals surface area contributed by atoms with Gasteiger partial charge in [0.1, 0.15) is 11.9 Å². The van der Waals surface area contributed by atoms with Crippen molar-refractivity contribution >= 4 is 5.97 Å². The Balaban J connectivity index is 1.29. The van der Waals surface area contributed by atoms with Crippen molar-refractivity contribution in [2.45, 2.75) is 155 Å². The molecule has 6 nitrogen and oxygen atoms in total. The molecule has 4 saturated carbocycles. The van der Waals surface area contributed by atoms with E-state index < -0.39 is 12.2 Å². The molecule has 4 aliphatic rings. The zero-order valence-electron chi connectivity index (χ0n) is 28.7. The van der Waals surface area contributed by atoms with E-state index in [1.165, 1.54) is 31.3 Å². The molecule has 0 bridgehead atoms. The van der Waals surface area contributed by atoms with Gasteiger partial charge in [0.25, 0.3) is 0 Å². The summed E-state index contributed by atoms with van der Waals surface area (Å²) in [7, 11) is 0. The number of unbranched alkanes of at least 4 members (excludes halogenated alkanes) is 1. The fraction of sp³-hybridized carbons (Fsp3) is 0.744. The molecule has 0 aliphatic heterocycles. The molecule has 0 aromatic carbocycles. The minimum Gasteiger partial charge on any atom is -0.461 e. The first-order valence-electron chi connectivity index (χ1n) is 18.1. The van der Waals surface area contributed by atoms with Crippen LogP contribution in [-0.4, -0.2) is 39.5 Å². The number of aliphatic hydroxyl groups is 2. The highest BCUT2D eigenvalue weighted by Crippen LogP contribution is 2.60. The lowest BCUT2D eigenvalue weighted by Gasteiger charge is -2.44. The van der Waals surface area contributed by atoms with Gasteiger partial charge in [-0.3, -0.25) is 4.79 Å². The molecule has 5 rings (SSSR count). The lowest BCUT2D eigenvalue weighted by atomic mass is 9.60. The molecule has 0 saturated heterocycles. The molecule has 0 radical (unpaired) electrons. The number of oxazole rings is 1. The number of nitrogens with zero attached hydrogens (tertiary/aromatic N) is 1. The van der Waals surface area contributed by atoms with Gasteiger partial charge in [0.15, 0.2) is 0 Å². The average Bonchev–Trinajstić information content (AvgIpc) is 3.53. The Morgan fingerprint density at radius 3 is 2.67 bits per heavy atom. The lowest BCUT2D eigenvalue weighted by Crippen LogP contribution is -2.37. The van der Waals surface area contributed by atoms with Crippen molar-refractivity contribution in [2.24, 2.45) is 29.1 Å². The lowest BCUT2D eigenvalue weighted by molar-refractivity contribution is -0.156. The van der Waals surface area contributed by atoms with Gasteiger partial charge in [-0.05, 0) is 111 Å². The molecule has 4 fully saturated rings. The van der Waals surface area contributed by atoms with Crippen LogP contribution in [0.5, 0.6) is 0 Å². The van der Waals surface area contributed by atoms with E-state index in [9.17, 15) is 15.0 Å². The second-order valence-corrected chi connectivity index (χ2v) is 15.3. The van der Waals surface area contributed by atoms with Crippen LogP contribution in [0.3, 0.4) is 0 Å². The van der Waals surface area contributed by atoms with E-state index in [-0.39, 0.29) is 28.8 Å². The quantitative estimate of drug-likeness (QED) is 0.214. The summed E-state index contributed by atoms with van der Waals surface area (Å²) in [6, 6.07) is 0. The molecular weight excluding hydrogens is 562 g/mol. The summed E-state index contributed by atoms with van der Waals surface area (Å²) < 4.78 is 12.7. The predicted molar refractivity (Wildman–Crippen MR) is 178 cm³/mol. The zero-order chi connectivity index (χ0) is 32.4. The molecule has 1 unspecified atom stereocenters. The van der Waals surface area contributed by atoms with Crippen molar-refractivity contribution < 1.29 is 24.2 Å². The van der Waals surface area contributed by atoms with Crippen LogP contribution in [-0.2, 0) is 21.4 Å². The fourth-order valence-electron chi connectivity index (χ4n) is 8.98. The van der Waals surface area contributed by atoms with E-state index in [1.807, 2.05) is 20.0 Å². The minimum atomic E-state index is -0.651. The second-order valence-electron chi connectivity index (χ2n) is 15.3. The van der Waals surface area contributed by atoms with E-state index in [2.05, 4.69) is 39.5 Å². The Morgan fingerprint density at radius 1 is 1.18 bits per heavy atom. The minimum absolute atomic E-state index is 0.0936. The smallest absolute Gasteiger partial charge is 0.308 e. The Kier molecular flexibility index (Phi) is 10.9. The summed E-state index contributed by atoms with van der Waals surface area (Å²) in [4.78, 5) is 17.9. The van der Waals surface area contributed by atoms with Gasteiger partial charge < -0.3 is 19.4 Å². The van der Waals surface area contributed by atoms with Crippen LogP contribution in [0.15, 0.2) is 46.1 Å². The summed E-state index contributed by atoms with van der Waals surface area (Å²) in [5.41, 5.74) is 3.23. The fourth-order valence-corrected chi connectivity index (χ4v) is 8.98. The molecule has 1 aromatic rings. The first-order chi connectivity index (χ1) is 21.5. The number of ether oxygens (including phenoxy) is 1. The maximum absolute atomic E-state index is 13.1. The van der Waals surface area contributed by atoms with Gasteiger partial charge in [0, 0.05) is 12.8 Å². The van der Waals surface area contributed by atoms with Crippen molar-refractivity contribution in [2.75, 3.05) is 0 Å². The van der Waals surface area contributed by atoms with Gasteiger partial charge in [0.2, 0.25) is 5.89 Å². The highest BCUT2D eigenvalue weighted by atomic mass is 16.5. The Labute approximate surface area is 271 Å². The largest absolute Gasteiger partial charge is 0.461 e. The molecule has 2 N–H and O–H groups in total. The van der Waals surface area contributed by atoms with Crippen LogP contribution >= 0.6 is 0 Å².